The van der Waals surface area contributed by atoms with Gasteiger partial charge in [-0.25, -0.2) is 4.79 Å². The first-order chi connectivity index (χ1) is 9.06. The van der Waals surface area contributed by atoms with Crippen LogP contribution in [-0.2, 0) is 11.3 Å². The van der Waals surface area contributed by atoms with E-state index in [9.17, 15) is 9.90 Å². The van der Waals surface area contributed by atoms with Gasteiger partial charge >= 0.3 is 5.97 Å². The minimum absolute atomic E-state index is 0.0917. The Balaban J connectivity index is 2.07. The van der Waals surface area contributed by atoms with Gasteiger partial charge in [0.15, 0.2) is 0 Å². The van der Waals surface area contributed by atoms with Crippen molar-refractivity contribution in [2.45, 2.75) is 6.61 Å². The maximum Gasteiger partial charge on any atom is 0.339 e. The largest absolute Gasteiger partial charge is 0.508 e. The molecule has 0 radical (unpaired) electrons. The van der Waals surface area contributed by atoms with E-state index >= 15 is 0 Å². The maximum absolute atomic E-state index is 11.9. The van der Waals surface area contributed by atoms with Gasteiger partial charge in [0.2, 0.25) is 0 Å². The fourth-order valence-corrected chi connectivity index (χ4v) is 1.98. The summed E-state index contributed by atoms with van der Waals surface area (Å²) in [5.74, 6) is -0.332. The number of anilines is 1. The molecule has 98 valence electrons. The predicted molar refractivity (Wildman–Crippen MR) is 75.8 cm³/mol. The molecule has 0 aliphatic rings. The summed E-state index contributed by atoms with van der Waals surface area (Å²) in [4.78, 5) is 11.9. The van der Waals surface area contributed by atoms with Crippen LogP contribution in [-0.4, -0.2) is 11.1 Å². The number of esters is 1. The van der Waals surface area contributed by atoms with E-state index in [0.717, 1.165) is 0 Å². The lowest BCUT2D eigenvalue weighted by Crippen LogP contribution is -2.06. The second-order valence-corrected chi connectivity index (χ2v) is 4.84. The summed E-state index contributed by atoms with van der Waals surface area (Å²) >= 11 is 3.27. The van der Waals surface area contributed by atoms with Crippen LogP contribution in [0.2, 0.25) is 0 Å². The van der Waals surface area contributed by atoms with Gasteiger partial charge in [0.05, 0.1) is 5.56 Å². The lowest BCUT2D eigenvalue weighted by Gasteiger charge is -2.07. The minimum Gasteiger partial charge on any atom is -0.508 e. The van der Waals surface area contributed by atoms with E-state index in [1.54, 1.807) is 42.5 Å². The number of nitrogens with two attached hydrogens (primary N) is 1. The summed E-state index contributed by atoms with van der Waals surface area (Å²) < 4.78 is 5.80. The second-order valence-electron chi connectivity index (χ2n) is 3.99. The molecule has 0 saturated carbocycles. The van der Waals surface area contributed by atoms with Crippen LogP contribution in [0, 0.1) is 0 Å². The van der Waals surface area contributed by atoms with Crippen molar-refractivity contribution in [2.24, 2.45) is 0 Å². The van der Waals surface area contributed by atoms with Crippen LogP contribution < -0.4 is 5.73 Å². The molecule has 0 aromatic heterocycles. The second kappa shape index (κ2) is 5.75. The molecule has 0 atom stereocenters. The van der Waals surface area contributed by atoms with E-state index < -0.39 is 5.97 Å². The number of halogens is 1. The lowest BCUT2D eigenvalue weighted by atomic mass is 10.2. The highest BCUT2D eigenvalue weighted by atomic mass is 79.9. The highest BCUT2D eigenvalue weighted by Crippen LogP contribution is 2.21. The first-order valence-corrected chi connectivity index (χ1v) is 6.35. The zero-order valence-electron chi connectivity index (χ0n) is 9.97. The van der Waals surface area contributed by atoms with Crippen LogP contribution in [0.25, 0.3) is 0 Å². The number of benzene rings is 2. The van der Waals surface area contributed by atoms with Crippen molar-refractivity contribution in [2.75, 3.05) is 5.73 Å². The summed E-state index contributed by atoms with van der Waals surface area (Å²) in [7, 11) is 0. The van der Waals surface area contributed by atoms with E-state index in [4.69, 9.17) is 10.5 Å². The van der Waals surface area contributed by atoms with E-state index in [-0.39, 0.29) is 12.4 Å². The SMILES string of the molecule is Nc1ccc(Br)c(C(=O)OCc2cccc(O)c2)c1. The number of hydrogen-bond acceptors (Lipinski definition) is 4. The van der Waals surface area contributed by atoms with Crippen molar-refractivity contribution in [3.63, 3.8) is 0 Å². The topological polar surface area (TPSA) is 72.6 Å². The Morgan fingerprint density at radius 2 is 2.05 bits per heavy atom. The van der Waals surface area contributed by atoms with Crippen molar-refractivity contribution < 1.29 is 14.6 Å². The Kier molecular flexibility index (Phi) is 4.06. The molecule has 0 unspecified atom stereocenters. The number of hydrogen-bond donors (Lipinski definition) is 2. The molecule has 2 aromatic rings. The number of aromatic hydroxyl groups is 1. The zero-order valence-corrected chi connectivity index (χ0v) is 11.6. The van der Waals surface area contributed by atoms with Crippen molar-refractivity contribution in [1.29, 1.82) is 0 Å². The van der Waals surface area contributed by atoms with Crippen LogP contribution in [0.1, 0.15) is 15.9 Å². The normalized spacial score (nSPS) is 10.2. The first kappa shape index (κ1) is 13.4. The first-order valence-electron chi connectivity index (χ1n) is 5.56. The molecule has 0 heterocycles. The van der Waals surface area contributed by atoms with E-state index in [2.05, 4.69) is 15.9 Å². The molecule has 0 aliphatic heterocycles. The van der Waals surface area contributed by atoms with Crippen LogP contribution in [0.4, 0.5) is 5.69 Å². The highest BCUT2D eigenvalue weighted by molar-refractivity contribution is 9.10. The number of nitrogen functional groups attached to an aromatic ring is 1. The van der Waals surface area contributed by atoms with Gasteiger partial charge < -0.3 is 15.6 Å². The van der Waals surface area contributed by atoms with Crippen LogP contribution in [0.3, 0.4) is 0 Å². The maximum atomic E-state index is 11.9. The van der Waals surface area contributed by atoms with Crippen LogP contribution in [0.15, 0.2) is 46.9 Å². The predicted octanol–water partition coefficient (Wildman–Crippen LogP) is 3.09. The summed E-state index contributed by atoms with van der Waals surface area (Å²) in [5, 5.41) is 9.31. The number of ether oxygens (including phenoxy) is 1. The fourth-order valence-electron chi connectivity index (χ4n) is 1.57. The third-order valence-corrected chi connectivity index (χ3v) is 3.18. The minimum atomic E-state index is -0.470. The molecule has 5 heteroatoms. The number of rotatable bonds is 3. The van der Waals surface area contributed by atoms with Crippen LogP contribution in [0.5, 0.6) is 5.75 Å². The molecule has 2 aromatic carbocycles. The molecule has 0 fully saturated rings. The third-order valence-electron chi connectivity index (χ3n) is 2.49. The Labute approximate surface area is 118 Å². The highest BCUT2D eigenvalue weighted by Gasteiger charge is 2.12. The summed E-state index contributed by atoms with van der Waals surface area (Å²) in [5.41, 5.74) is 7.22. The lowest BCUT2D eigenvalue weighted by molar-refractivity contribution is 0.0471. The molecule has 2 rings (SSSR count). The number of phenolic OH excluding ortho intramolecular Hbond substituents is 1. The van der Waals surface area contributed by atoms with Crippen molar-refractivity contribution in [3.05, 3.63) is 58.1 Å². The quantitative estimate of drug-likeness (QED) is 0.673. The standard InChI is InChI=1S/C14H12BrNO3/c15-13-5-4-10(16)7-12(13)14(18)19-8-9-2-1-3-11(17)6-9/h1-7,17H,8,16H2. The van der Waals surface area contributed by atoms with Crippen LogP contribution >= 0.6 is 15.9 Å². The summed E-state index contributed by atoms with van der Waals surface area (Å²) in [6.45, 7) is 0.0917. The molecular weight excluding hydrogens is 310 g/mol. The monoisotopic (exact) mass is 321 g/mol. The molecular formula is C14H12BrNO3. The average molecular weight is 322 g/mol. The van der Waals surface area contributed by atoms with Crippen molar-refractivity contribution in [3.8, 4) is 5.75 Å². The van der Waals surface area contributed by atoms with Gasteiger partial charge in [0.25, 0.3) is 0 Å². The van der Waals surface area contributed by atoms with Gasteiger partial charge in [-0.2, -0.15) is 0 Å². The van der Waals surface area contributed by atoms with Gasteiger partial charge in [-0.15, -0.1) is 0 Å². The average Bonchev–Trinajstić information content (AvgIpc) is 2.39. The van der Waals surface area contributed by atoms with E-state index in [0.29, 0.717) is 21.3 Å². The number of carbonyl (C=O) groups excluding carboxylic acids is 1. The Morgan fingerprint density at radius 3 is 2.79 bits per heavy atom. The zero-order chi connectivity index (χ0) is 13.8. The van der Waals surface area contributed by atoms with Gasteiger partial charge in [0.1, 0.15) is 12.4 Å². The summed E-state index contributed by atoms with van der Waals surface area (Å²) in [6, 6.07) is 11.5. The number of carbonyl (C=O) groups is 1. The molecule has 0 amide bonds. The van der Waals surface area contributed by atoms with Gasteiger partial charge in [-0.3, -0.25) is 0 Å². The summed E-state index contributed by atoms with van der Waals surface area (Å²) in [6.07, 6.45) is 0. The van der Waals surface area contributed by atoms with E-state index in [1.165, 1.54) is 0 Å². The molecule has 0 bridgehead atoms. The Morgan fingerprint density at radius 1 is 1.26 bits per heavy atom. The smallest absolute Gasteiger partial charge is 0.339 e. The third kappa shape index (κ3) is 3.48. The molecule has 0 saturated heterocycles. The fraction of sp³-hybridized carbons (Fsp3) is 0.0714. The molecule has 3 N–H and O–H groups in total. The molecule has 0 aliphatic carbocycles. The van der Waals surface area contributed by atoms with Crippen molar-refractivity contribution in [1.82, 2.24) is 0 Å². The van der Waals surface area contributed by atoms with Gasteiger partial charge in [0, 0.05) is 10.2 Å². The van der Waals surface area contributed by atoms with Crippen molar-refractivity contribution >= 4 is 27.6 Å². The Hall–Kier alpha value is -2.01. The Bertz CT molecular complexity index is 613. The number of phenols is 1. The van der Waals surface area contributed by atoms with Gasteiger partial charge in [-0.05, 0) is 51.8 Å². The molecule has 4 nitrogen and oxygen atoms in total. The van der Waals surface area contributed by atoms with Gasteiger partial charge in [-0.1, -0.05) is 12.1 Å². The molecule has 0 spiro atoms. The molecule has 19 heavy (non-hydrogen) atoms. The van der Waals surface area contributed by atoms with E-state index in [1.807, 2.05) is 0 Å².